The van der Waals surface area contributed by atoms with E-state index in [9.17, 15) is 17.6 Å². The SMILES string of the molecule is Fc1c(Cl)cc(C(F)(F)F)cc1-c1ccccc1. The van der Waals surface area contributed by atoms with Gasteiger partial charge in [-0.25, -0.2) is 4.39 Å². The summed E-state index contributed by atoms with van der Waals surface area (Å²) in [7, 11) is 0. The van der Waals surface area contributed by atoms with Crippen LogP contribution in [0.3, 0.4) is 0 Å². The Kier molecular flexibility index (Phi) is 3.30. The summed E-state index contributed by atoms with van der Waals surface area (Å²) in [5.41, 5.74) is -0.772. The van der Waals surface area contributed by atoms with Crippen molar-refractivity contribution in [2.45, 2.75) is 6.18 Å². The van der Waals surface area contributed by atoms with Gasteiger partial charge in [0.15, 0.2) is 0 Å². The summed E-state index contributed by atoms with van der Waals surface area (Å²) >= 11 is 5.50. The molecule has 0 heterocycles. The molecule has 0 atom stereocenters. The average Bonchev–Trinajstić information content (AvgIpc) is 2.32. The molecule has 0 spiro atoms. The maximum absolute atomic E-state index is 13.8. The molecule has 0 nitrogen and oxygen atoms in total. The Labute approximate surface area is 106 Å². The van der Waals surface area contributed by atoms with Gasteiger partial charge in [0, 0.05) is 5.56 Å². The molecule has 0 N–H and O–H groups in total. The molecular formula is C13H7ClF4. The van der Waals surface area contributed by atoms with Crippen molar-refractivity contribution >= 4 is 11.6 Å². The van der Waals surface area contributed by atoms with Crippen LogP contribution in [-0.2, 0) is 6.18 Å². The number of hydrogen-bond acceptors (Lipinski definition) is 0. The molecule has 0 radical (unpaired) electrons. The lowest BCUT2D eigenvalue weighted by atomic mass is 10.0. The molecule has 2 aromatic rings. The number of rotatable bonds is 1. The molecule has 0 unspecified atom stereocenters. The van der Waals surface area contributed by atoms with Crippen LogP contribution in [0.4, 0.5) is 17.6 Å². The summed E-state index contributed by atoms with van der Waals surface area (Å²) < 4.78 is 51.6. The lowest BCUT2D eigenvalue weighted by Gasteiger charge is -2.11. The minimum Gasteiger partial charge on any atom is -0.205 e. The summed E-state index contributed by atoms with van der Waals surface area (Å²) in [6.45, 7) is 0. The molecule has 0 aliphatic rings. The molecule has 2 aromatic carbocycles. The van der Waals surface area contributed by atoms with Gasteiger partial charge in [0.25, 0.3) is 0 Å². The van der Waals surface area contributed by atoms with Gasteiger partial charge in [-0.3, -0.25) is 0 Å². The van der Waals surface area contributed by atoms with Gasteiger partial charge >= 0.3 is 6.18 Å². The zero-order valence-corrected chi connectivity index (χ0v) is 9.69. The average molecular weight is 275 g/mol. The second kappa shape index (κ2) is 4.61. The van der Waals surface area contributed by atoms with E-state index in [-0.39, 0.29) is 5.56 Å². The predicted octanol–water partition coefficient (Wildman–Crippen LogP) is 5.16. The van der Waals surface area contributed by atoms with E-state index in [4.69, 9.17) is 11.6 Å². The Morgan fingerprint density at radius 3 is 2.11 bits per heavy atom. The van der Waals surface area contributed by atoms with Crippen molar-refractivity contribution in [1.29, 1.82) is 0 Å². The van der Waals surface area contributed by atoms with E-state index >= 15 is 0 Å². The normalized spacial score (nSPS) is 11.6. The Hall–Kier alpha value is -1.55. The van der Waals surface area contributed by atoms with E-state index in [1.54, 1.807) is 18.2 Å². The van der Waals surface area contributed by atoms with Crippen molar-refractivity contribution in [3.63, 3.8) is 0 Å². The Bertz CT molecular complexity index is 561. The summed E-state index contributed by atoms with van der Waals surface area (Å²) in [6.07, 6.45) is -4.55. The molecule has 94 valence electrons. The number of hydrogen-bond donors (Lipinski definition) is 0. The first-order chi connectivity index (χ1) is 8.39. The van der Waals surface area contributed by atoms with Crippen molar-refractivity contribution in [2.75, 3.05) is 0 Å². The first kappa shape index (κ1) is 12.9. The highest BCUT2D eigenvalue weighted by Gasteiger charge is 2.32. The monoisotopic (exact) mass is 274 g/mol. The molecule has 0 amide bonds. The predicted molar refractivity (Wildman–Crippen MR) is 61.8 cm³/mol. The van der Waals surface area contributed by atoms with Crippen LogP contribution < -0.4 is 0 Å². The van der Waals surface area contributed by atoms with Crippen LogP contribution in [-0.4, -0.2) is 0 Å². The van der Waals surface area contributed by atoms with Crippen LogP contribution in [0.5, 0.6) is 0 Å². The van der Waals surface area contributed by atoms with Crippen LogP contribution in [0, 0.1) is 5.82 Å². The highest BCUT2D eigenvalue weighted by molar-refractivity contribution is 6.31. The lowest BCUT2D eigenvalue weighted by molar-refractivity contribution is -0.137. The number of benzene rings is 2. The third-order valence-electron chi connectivity index (χ3n) is 2.44. The smallest absolute Gasteiger partial charge is 0.205 e. The molecular weight excluding hydrogens is 268 g/mol. The van der Waals surface area contributed by atoms with Crippen molar-refractivity contribution in [3.05, 3.63) is 58.9 Å². The van der Waals surface area contributed by atoms with E-state index < -0.39 is 22.6 Å². The maximum atomic E-state index is 13.8. The molecule has 18 heavy (non-hydrogen) atoms. The topological polar surface area (TPSA) is 0 Å². The standard InChI is InChI=1S/C13H7ClF4/c14-11-7-9(13(16,17)18)6-10(12(11)15)8-4-2-1-3-5-8/h1-7H. The zero-order valence-electron chi connectivity index (χ0n) is 8.93. The molecule has 0 aliphatic heterocycles. The second-order valence-corrected chi connectivity index (χ2v) is 4.09. The van der Waals surface area contributed by atoms with Gasteiger partial charge in [0.05, 0.1) is 10.6 Å². The van der Waals surface area contributed by atoms with Crippen LogP contribution in [0.15, 0.2) is 42.5 Å². The summed E-state index contributed by atoms with van der Waals surface area (Å²) in [6, 6.07) is 9.31. The highest BCUT2D eigenvalue weighted by Crippen LogP contribution is 2.36. The van der Waals surface area contributed by atoms with Crippen LogP contribution in [0.25, 0.3) is 11.1 Å². The van der Waals surface area contributed by atoms with Gasteiger partial charge in [-0.15, -0.1) is 0 Å². The second-order valence-electron chi connectivity index (χ2n) is 3.68. The molecule has 5 heteroatoms. The minimum absolute atomic E-state index is 0.157. The fraction of sp³-hybridized carbons (Fsp3) is 0.0769. The van der Waals surface area contributed by atoms with Gasteiger partial charge < -0.3 is 0 Å². The van der Waals surface area contributed by atoms with Crippen molar-refractivity contribution in [3.8, 4) is 11.1 Å². The Morgan fingerprint density at radius 2 is 1.56 bits per heavy atom. The van der Waals surface area contributed by atoms with E-state index in [1.165, 1.54) is 12.1 Å². The fourth-order valence-electron chi connectivity index (χ4n) is 1.58. The van der Waals surface area contributed by atoms with E-state index in [1.807, 2.05) is 0 Å². The van der Waals surface area contributed by atoms with Gasteiger partial charge in [-0.05, 0) is 17.7 Å². The van der Waals surface area contributed by atoms with Crippen LogP contribution >= 0.6 is 11.6 Å². The van der Waals surface area contributed by atoms with Gasteiger partial charge in [-0.2, -0.15) is 13.2 Å². The van der Waals surface area contributed by atoms with Gasteiger partial charge in [0.1, 0.15) is 5.82 Å². The molecule has 0 saturated heterocycles. The van der Waals surface area contributed by atoms with E-state index in [0.29, 0.717) is 11.6 Å². The van der Waals surface area contributed by atoms with Crippen LogP contribution in [0.2, 0.25) is 5.02 Å². The molecule has 2 rings (SSSR count). The van der Waals surface area contributed by atoms with Crippen molar-refractivity contribution in [2.24, 2.45) is 0 Å². The first-order valence-electron chi connectivity index (χ1n) is 5.01. The van der Waals surface area contributed by atoms with E-state index in [0.717, 1.165) is 6.07 Å². The Morgan fingerprint density at radius 1 is 0.944 bits per heavy atom. The number of halogens is 5. The fourth-order valence-corrected chi connectivity index (χ4v) is 1.80. The van der Waals surface area contributed by atoms with E-state index in [2.05, 4.69) is 0 Å². The molecule has 0 aromatic heterocycles. The zero-order chi connectivity index (χ0) is 13.3. The van der Waals surface area contributed by atoms with Crippen molar-refractivity contribution < 1.29 is 17.6 Å². The highest BCUT2D eigenvalue weighted by atomic mass is 35.5. The largest absolute Gasteiger partial charge is 0.416 e. The third-order valence-corrected chi connectivity index (χ3v) is 2.72. The van der Waals surface area contributed by atoms with Crippen LogP contribution in [0.1, 0.15) is 5.56 Å². The van der Waals surface area contributed by atoms with Gasteiger partial charge in [0.2, 0.25) is 0 Å². The van der Waals surface area contributed by atoms with Gasteiger partial charge in [-0.1, -0.05) is 41.9 Å². The maximum Gasteiger partial charge on any atom is 0.416 e. The molecule has 0 saturated carbocycles. The minimum atomic E-state index is -4.55. The first-order valence-corrected chi connectivity index (χ1v) is 5.39. The summed E-state index contributed by atoms with van der Waals surface area (Å²) in [4.78, 5) is 0. The molecule has 0 fully saturated rings. The molecule has 0 aliphatic carbocycles. The summed E-state index contributed by atoms with van der Waals surface area (Å²) in [5, 5.41) is -0.538. The Balaban J connectivity index is 2.64. The summed E-state index contributed by atoms with van der Waals surface area (Å²) in [5.74, 6) is -0.851. The third kappa shape index (κ3) is 2.48. The number of alkyl halides is 3. The quantitative estimate of drug-likeness (QED) is 0.630. The van der Waals surface area contributed by atoms with Crippen molar-refractivity contribution in [1.82, 2.24) is 0 Å². The molecule has 0 bridgehead atoms. The lowest BCUT2D eigenvalue weighted by Crippen LogP contribution is -2.06.